The Kier molecular flexibility index (Phi) is 6.96. The minimum Gasteiger partial charge on any atom is -0.494 e. The van der Waals surface area contributed by atoms with Gasteiger partial charge < -0.3 is 15.4 Å². The molecule has 0 aliphatic rings. The van der Waals surface area contributed by atoms with E-state index in [1.54, 1.807) is 53.3 Å². The molecule has 3 heterocycles. The second kappa shape index (κ2) is 9.99. The maximum absolute atomic E-state index is 13.7. The summed E-state index contributed by atoms with van der Waals surface area (Å²) in [6, 6.07) is 8.57. The standard InChI is InChI=1S/C24H21F5N6O2/c1-3-37-17-9-15(8-16(11-17)33-22(36)32-13-24(27,28)29)19-12-31-20-10-14(5-7-35(19)20)18-4-6-30-21(34-18)23(2,25)26/h4-12H,3,13H2,1-2H3,(H2,32,33,36). The third-order valence-corrected chi connectivity index (χ3v) is 5.08. The van der Waals surface area contributed by atoms with Crippen LogP contribution in [0, 0.1) is 0 Å². The number of anilines is 1. The van der Waals surface area contributed by atoms with Crippen molar-refractivity contribution < 1.29 is 31.5 Å². The third-order valence-electron chi connectivity index (χ3n) is 5.08. The van der Waals surface area contributed by atoms with Crippen LogP contribution in [0.1, 0.15) is 19.7 Å². The Bertz CT molecular complexity index is 1430. The van der Waals surface area contributed by atoms with Gasteiger partial charge in [-0.3, -0.25) is 4.40 Å². The number of pyridine rings is 1. The van der Waals surface area contributed by atoms with Gasteiger partial charge in [0.15, 0.2) is 5.82 Å². The van der Waals surface area contributed by atoms with Crippen LogP contribution in [0.5, 0.6) is 5.75 Å². The Balaban J connectivity index is 1.66. The fraction of sp³-hybridized carbons (Fsp3) is 0.250. The number of rotatable bonds is 7. The zero-order valence-corrected chi connectivity index (χ0v) is 19.6. The van der Waals surface area contributed by atoms with Crippen LogP contribution in [0.3, 0.4) is 0 Å². The normalized spacial score (nSPS) is 12.0. The lowest BCUT2D eigenvalue weighted by atomic mass is 10.1. The van der Waals surface area contributed by atoms with Crippen molar-refractivity contribution in [2.75, 3.05) is 18.5 Å². The molecule has 37 heavy (non-hydrogen) atoms. The van der Waals surface area contributed by atoms with Gasteiger partial charge in [0.2, 0.25) is 0 Å². The predicted octanol–water partition coefficient (Wildman–Crippen LogP) is 5.65. The first-order valence-electron chi connectivity index (χ1n) is 11.0. The largest absolute Gasteiger partial charge is 0.494 e. The SMILES string of the molecule is CCOc1cc(NC(=O)NCC(F)(F)F)cc(-c2cnc3cc(-c4ccnc(C(C)(F)F)n4)ccn23)c1. The molecule has 0 spiro atoms. The van der Waals surface area contributed by atoms with Crippen LogP contribution in [-0.4, -0.2) is 44.7 Å². The van der Waals surface area contributed by atoms with E-state index in [4.69, 9.17) is 4.74 Å². The van der Waals surface area contributed by atoms with Gasteiger partial charge in [-0.2, -0.15) is 22.0 Å². The number of imidazole rings is 1. The number of carbonyl (C=O) groups excluding carboxylic acids is 1. The molecule has 0 unspecified atom stereocenters. The van der Waals surface area contributed by atoms with Gasteiger partial charge in [0, 0.05) is 42.2 Å². The van der Waals surface area contributed by atoms with Gasteiger partial charge in [0.1, 0.15) is 17.9 Å². The summed E-state index contributed by atoms with van der Waals surface area (Å²) in [5.41, 5.74) is 2.69. The smallest absolute Gasteiger partial charge is 0.405 e. The summed E-state index contributed by atoms with van der Waals surface area (Å²) in [4.78, 5) is 23.9. The number of nitrogens with one attached hydrogen (secondary N) is 2. The number of halogens is 5. The summed E-state index contributed by atoms with van der Waals surface area (Å²) in [6.45, 7) is 1.32. The van der Waals surface area contributed by atoms with E-state index in [2.05, 4.69) is 20.3 Å². The molecule has 13 heteroatoms. The quantitative estimate of drug-likeness (QED) is 0.307. The molecule has 0 radical (unpaired) electrons. The van der Waals surface area contributed by atoms with Gasteiger partial charge in [-0.15, -0.1) is 0 Å². The predicted molar refractivity (Wildman–Crippen MR) is 125 cm³/mol. The Labute approximate surface area is 207 Å². The fourth-order valence-electron chi connectivity index (χ4n) is 3.51. The summed E-state index contributed by atoms with van der Waals surface area (Å²) in [5.74, 6) is -3.41. The van der Waals surface area contributed by atoms with Crippen molar-refractivity contribution in [3.8, 4) is 28.3 Å². The molecule has 4 rings (SSSR count). The number of hydrogen-bond donors (Lipinski definition) is 2. The molecule has 0 atom stereocenters. The first-order chi connectivity index (χ1) is 17.4. The van der Waals surface area contributed by atoms with Gasteiger partial charge in [0.25, 0.3) is 0 Å². The van der Waals surface area contributed by atoms with Crippen LogP contribution in [-0.2, 0) is 5.92 Å². The van der Waals surface area contributed by atoms with Gasteiger partial charge in [-0.1, -0.05) is 0 Å². The number of benzene rings is 1. The van der Waals surface area contributed by atoms with E-state index in [9.17, 15) is 26.7 Å². The highest BCUT2D eigenvalue weighted by Gasteiger charge is 2.29. The van der Waals surface area contributed by atoms with Crippen molar-refractivity contribution in [2.45, 2.75) is 25.9 Å². The maximum atomic E-state index is 13.7. The van der Waals surface area contributed by atoms with E-state index in [1.165, 1.54) is 18.3 Å². The molecular weight excluding hydrogens is 499 g/mol. The minimum atomic E-state index is -4.55. The summed E-state index contributed by atoms with van der Waals surface area (Å²) in [5, 5.41) is 4.13. The van der Waals surface area contributed by atoms with Crippen molar-refractivity contribution in [3.63, 3.8) is 0 Å². The van der Waals surface area contributed by atoms with Crippen molar-refractivity contribution in [3.05, 3.63) is 60.8 Å². The first-order valence-corrected chi connectivity index (χ1v) is 11.0. The number of urea groups is 1. The van der Waals surface area contributed by atoms with Crippen LogP contribution in [0.25, 0.3) is 28.2 Å². The van der Waals surface area contributed by atoms with Crippen LogP contribution in [0.15, 0.2) is 55.0 Å². The molecule has 2 N–H and O–H groups in total. The zero-order valence-electron chi connectivity index (χ0n) is 19.6. The van der Waals surface area contributed by atoms with Gasteiger partial charge in [-0.05, 0) is 37.3 Å². The Morgan fingerprint density at radius 2 is 1.84 bits per heavy atom. The molecule has 8 nitrogen and oxygen atoms in total. The van der Waals surface area contributed by atoms with E-state index in [0.29, 0.717) is 40.5 Å². The Morgan fingerprint density at radius 1 is 1.05 bits per heavy atom. The highest BCUT2D eigenvalue weighted by molar-refractivity contribution is 5.90. The molecule has 0 bridgehead atoms. The average molecular weight is 520 g/mol. The van der Waals surface area contributed by atoms with Crippen molar-refractivity contribution in [1.82, 2.24) is 24.7 Å². The van der Waals surface area contributed by atoms with Gasteiger partial charge in [0.05, 0.1) is 24.2 Å². The molecule has 0 fully saturated rings. The molecule has 1 aromatic carbocycles. The van der Waals surface area contributed by atoms with Crippen molar-refractivity contribution >= 4 is 17.4 Å². The number of hydrogen-bond acceptors (Lipinski definition) is 5. The highest BCUT2D eigenvalue weighted by Crippen LogP contribution is 2.31. The molecular formula is C24H21F5N6O2. The van der Waals surface area contributed by atoms with E-state index in [1.807, 2.05) is 0 Å². The second-order valence-corrected chi connectivity index (χ2v) is 8.04. The number of fused-ring (bicyclic) bond motifs is 1. The molecule has 0 saturated carbocycles. The van der Waals surface area contributed by atoms with Gasteiger partial charge >= 0.3 is 18.1 Å². The van der Waals surface area contributed by atoms with E-state index >= 15 is 0 Å². The van der Waals surface area contributed by atoms with Crippen LogP contribution in [0.4, 0.5) is 32.4 Å². The minimum absolute atomic E-state index is 0.209. The number of nitrogens with zero attached hydrogens (tertiary/aromatic N) is 4. The maximum Gasteiger partial charge on any atom is 0.405 e. The second-order valence-electron chi connectivity index (χ2n) is 8.04. The van der Waals surface area contributed by atoms with Crippen molar-refractivity contribution in [2.24, 2.45) is 0 Å². The molecule has 194 valence electrons. The average Bonchev–Trinajstić information content (AvgIpc) is 3.25. The van der Waals surface area contributed by atoms with Gasteiger partial charge in [-0.25, -0.2) is 19.7 Å². The summed E-state index contributed by atoms with van der Waals surface area (Å²) in [6.07, 6.45) is -0.0523. The Morgan fingerprint density at radius 3 is 2.54 bits per heavy atom. The zero-order chi connectivity index (χ0) is 26.8. The van der Waals surface area contributed by atoms with E-state index in [-0.39, 0.29) is 5.69 Å². The highest BCUT2D eigenvalue weighted by atomic mass is 19.4. The summed E-state index contributed by atoms with van der Waals surface area (Å²) >= 11 is 0. The molecule has 2 amide bonds. The van der Waals surface area contributed by atoms with Crippen LogP contribution < -0.4 is 15.4 Å². The fourth-order valence-corrected chi connectivity index (χ4v) is 3.51. The number of carbonyl (C=O) groups is 1. The van der Waals surface area contributed by atoms with Crippen molar-refractivity contribution in [1.29, 1.82) is 0 Å². The monoisotopic (exact) mass is 520 g/mol. The molecule has 0 aliphatic carbocycles. The molecule has 4 aromatic rings. The third kappa shape index (κ3) is 6.29. The number of aromatic nitrogens is 4. The topological polar surface area (TPSA) is 93.4 Å². The summed E-state index contributed by atoms with van der Waals surface area (Å²) in [7, 11) is 0. The van der Waals surface area contributed by atoms with Crippen LogP contribution >= 0.6 is 0 Å². The first kappa shape index (κ1) is 25.8. The lowest BCUT2D eigenvalue weighted by Crippen LogP contribution is -2.36. The lowest BCUT2D eigenvalue weighted by molar-refractivity contribution is -0.122. The molecule has 0 saturated heterocycles. The van der Waals surface area contributed by atoms with Crippen LogP contribution in [0.2, 0.25) is 0 Å². The number of alkyl halides is 5. The Hall–Kier alpha value is -4.29. The van der Waals surface area contributed by atoms with E-state index < -0.39 is 30.5 Å². The number of ether oxygens (including phenoxy) is 1. The lowest BCUT2D eigenvalue weighted by Gasteiger charge is -2.13. The summed E-state index contributed by atoms with van der Waals surface area (Å²) < 4.78 is 71.8. The molecule has 3 aromatic heterocycles. The molecule has 0 aliphatic heterocycles. The van der Waals surface area contributed by atoms with E-state index in [0.717, 1.165) is 6.92 Å². The number of amides is 2.